The fraction of sp³-hybridized carbons (Fsp3) is 0.407. The van der Waals surface area contributed by atoms with Crippen LogP contribution in [-0.2, 0) is 9.53 Å². The number of amides is 2. The van der Waals surface area contributed by atoms with Gasteiger partial charge in [0.25, 0.3) is 0 Å². The average Bonchev–Trinajstić information content (AvgIpc) is 2.85. The highest BCUT2D eigenvalue weighted by Crippen LogP contribution is 2.34. The van der Waals surface area contributed by atoms with Crippen LogP contribution >= 0.6 is 0 Å². The van der Waals surface area contributed by atoms with Crippen LogP contribution in [0.4, 0.5) is 4.79 Å². The van der Waals surface area contributed by atoms with Gasteiger partial charge >= 0.3 is 12.0 Å². The Morgan fingerprint density at radius 2 is 1.74 bits per heavy atom. The molecule has 0 bridgehead atoms. The van der Waals surface area contributed by atoms with Gasteiger partial charge in [0, 0.05) is 18.8 Å². The van der Waals surface area contributed by atoms with Crippen LogP contribution in [0, 0.1) is 0 Å². The van der Waals surface area contributed by atoms with Gasteiger partial charge in [0.1, 0.15) is 11.5 Å². The Labute approximate surface area is 201 Å². The largest absolute Gasteiger partial charge is 0.463 e. The van der Waals surface area contributed by atoms with Crippen molar-refractivity contribution < 1.29 is 19.1 Å². The van der Waals surface area contributed by atoms with Crippen molar-refractivity contribution in [3.8, 4) is 11.5 Å². The van der Waals surface area contributed by atoms with Crippen molar-refractivity contribution >= 4 is 12.0 Å². The number of piperidine rings is 1. The maximum Gasteiger partial charge on any atom is 0.338 e. The molecule has 1 unspecified atom stereocenters. The molecule has 2 aliphatic rings. The Balaban J connectivity index is 1.73. The van der Waals surface area contributed by atoms with Crippen LogP contribution in [-0.4, -0.2) is 54.6 Å². The van der Waals surface area contributed by atoms with Crippen LogP contribution in [0.5, 0.6) is 11.5 Å². The lowest BCUT2D eigenvalue weighted by Gasteiger charge is -2.39. The molecular weight excluding hydrogens is 430 g/mol. The Bertz CT molecular complexity index is 1030. The summed E-state index contributed by atoms with van der Waals surface area (Å²) >= 11 is 0. The van der Waals surface area contributed by atoms with E-state index in [0.717, 1.165) is 42.9 Å². The second kappa shape index (κ2) is 11.2. The topological polar surface area (TPSA) is 71.1 Å². The van der Waals surface area contributed by atoms with Crippen molar-refractivity contribution in [3.05, 3.63) is 71.4 Å². The fourth-order valence-electron chi connectivity index (χ4n) is 4.62. The number of urea groups is 1. The number of nitrogens with zero attached hydrogens (tertiary/aromatic N) is 2. The summed E-state index contributed by atoms with van der Waals surface area (Å²) in [5.41, 5.74) is 1.99. The third kappa shape index (κ3) is 5.42. The van der Waals surface area contributed by atoms with Gasteiger partial charge in [0.05, 0.1) is 18.2 Å². The van der Waals surface area contributed by atoms with E-state index in [9.17, 15) is 9.59 Å². The molecule has 0 aromatic heterocycles. The number of hydrogen-bond donors (Lipinski definition) is 1. The predicted molar refractivity (Wildman–Crippen MR) is 131 cm³/mol. The van der Waals surface area contributed by atoms with Gasteiger partial charge in [-0.05, 0) is 69.6 Å². The summed E-state index contributed by atoms with van der Waals surface area (Å²) in [7, 11) is 0. The Morgan fingerprint density at radius 1 is 1.00 bits per heavy atom. The minimum atomic E-state index is -0.617. The summed E-state index contributed by atoms with van der Waals surface area (Å²) in [5.74, 6) is 0.959. The SMILES string of the molecule is CCOC(=O)C1=C(CN2CCCCC2)N(CC)C(=O)NC1c1cccc(Oc2ccccc2)c1. The maximum absolute atomic E-state index is 13.3. The van der Waals surface area contributed by atoms with E-state index < -0.39 is 12.0 Å². The second-order valence-electron chi connectivity index (χ2n) is 8.53. The molecular formula is C27H33N3O4. The van der Waals surface area contributed by atoms with E-state index in [2.05, 4.69) is 10.2 Å². The Kier molecular flexibility index (Phi) is 7.85. The van der Waals surface area contributed by atoms with E-state index in [-0.39, 0.29) is 12.6 Å². The Hall–Kier alpha value is -3.32. The van der Waals surface area contributed by atoms with Crippen molar-refractivity contribution in [1.82, 2.24) is 15.1 Å². The number of esters is 1. The van der Waals surface area contributed by atoms with Gasteiger partial charge in [0.2, 0.25) is 0 Å². The first-order valence-corrected chi connectivity index (χ1v) is 12.1. The molecule has 0 radical (unpaired) electrons. The molecule has 2 heterocycles. The minimum absolute atomic E-state index is 0.207. The zero-order valence-corrected chi connectivity index (χ0v) is 20.0. The van der Waals surface area contributed by atoms with Crippen molar-refractivity contribution in [3.63, 3.8) is 0 Å². The number of ether oxygens (including phenoxy) is 2. The number of likely N-dealkylation sites (tertiary alicyclic amines) is 1. The molecule has 2 aromatic carbocycles. The molecule has 0 spiro atoms. The first-order chi connectivity index (χ1) is 16.6. The van der Waals surface area contributed by atoms with E-state index >= 15 is 0 Å². The molecule has 1 atom stereocenters. The average molecular weight is 464 g/mol. The molecule has 1 saturated heterocycles. The molecule has 1 N–H and O–H groups in total. The van der Waals surface area contributed by atoms with Crippen molar-refractivity contribution in [2.24, 2.45) is 0 Å². The molecule has 0 saturated carbocycles. The third-order valence-electron chi connectivity index (χ3n) is 6.24. The molecule has 1 fully saturated rings. The van der Waals surface area contributed by atoms with Gasteiger partial charge in [-0.3, -0.25) is 9.80 Å². The van der Waals surface area contributed by atoms with E-state index in [1.807, 2.05) is 61.5 Å². The second-order valence-corrected chi connectivity index (χ2v) is 8.53. The molecule has 2 aliphatic heterocycles. The zero-order valence-electron chi connectivity index (χ0n) is 20.0. The van der Waals surface area contributed by atoms with E-state index in [1.54, 1.807) is 11.8 Å². The quantitative estimate of drug-likeness (QED) is 0.566. The number of likely N-dealkylation sites (N-methyl/N-ethyl adjacent to an activating group) is 1. The fourth-order valence-corrected chi connectivity index (χ4v) is 4.62. The van der Waals surface area contributed by atoms with E-state index in [4.69, 9.17) is 9.47 Å². The van der Waals surface area contributed by atoms with Gasteiger partial charge in [-0.15, -0.1) is 0 Å². The Morgan fingerprint density at radius 3 is 2.44 bits per heavy atom. The standard InChI is InChI=1S/C27H33N3O4/c1-3-30-23(19-29-16-9-6-10-17-29)24(26(31)33-4-2)25(28-27(30)32)20-12-11-15-22(18-20)34-21-13-7-5-8-14-21/h5,7-8,11-15,18,25H,3-4,6,9-10,16-17,19H2,1-2H3,(H,28,32). The lowest BCUT2D eigenvalue weighted by molar-refractivity contribution is -0.139. The first-order valence-electron chi connectivity index (χ1n) is 12.1. The zero-order chi connectivity index (χ0) is 23.9. The van der Waals surface area contributed by atoms with Gasteiger partial charge in [-0.25, -0.2) is 9.59 Å². The summed E-state index contributed by atoms with van der Waals surface area (Å²) in [6, 6.07) is 16.2. The molecule has 180 valence electrons. The third-order valence-corrected chi connectivity index (χ3v) is 6.24. The number of nitrogens with one attached hydrogen (secondary N) is 1. The lowest BCUT2D eigenvalue weighted by atomic mass is 9.93. The summed E-state index contributed by atoms with van der Waals surface area (Å²) in [6.45, 7) is 6.93. The monoisotopic (exact) mass is 463 g/mol. The highest BCUT2D eigenvalue weighted by molar-refractivity contribution is 5.95. The van der Waals surface area contributed by atoms with E-state index in [0.29, 0.717) is 24.4 Å². The van der Waals surface area contributed by atoms with Gasteiger partial charge in [0.15, 0.2) is 0 Å². The number of hydrogen-bond acceptors (Lipinski definition) is 5. The van der Waals surface area contributed by atoms with Crippen LogP contribution in [0.1, 0.15) is 44.7 Å². The lowest BCUT2D eigenvalue weighted by Crippen LogP contribution is -2.51. The van der Waals surface area contributed by atoms with Crippen molar-refractivity contribution in [1.29, 1.82) is 0 Å². The van der Waals surface area contributed by atoms with Crippen molar-refractivity contribution in [2.75, 3.05) is 32.8 Å². The maximum atomic E-state index is 13.3. The molecule has 2 amide bonds. The minimum Gasteiger partial charge on any atom is -0.463 e. The summed E-state index contributed by atoms with van der Waals surface area (Å²) < 4.78 is 11.5. The summed E-state index contributed by atoms with van der Waals surface area (Å²) in [6.07, 6.45) is 3.47. The number of carbonyl (C=O) groups is 2. The van der Waals surface area contributed by atoms with Crippen LogP contribution in [0.3, 0.4) is 0 Å². The highest BCUT2D eigenvalue weighted by atomic mass is 16.5. The van der Waals surface area contributed by atoms with Crippen LogP contribution < -0.4 is 10.1 Å². The molecule has 7 nitrogen and oxygen atoms in total. The number of para-hydroxylation sites is 1. The first kappa shape index (κ1) is 23.8. The molecule has 2 aromatic rings. The number of benzene rings is 2. The summed E-state index contributed by atoms with van der Waals surface area (Å²) in [4.78, 5) is 30.4. The van der Waals surface area contributed by atoms with Gasteiger partial charge in [-0.2, -0.15) is 0 Å². The molecule has 7 heteroatoms. The van der Waals surface area contributed by atoms with Gasteiger partial charge < -0.3 is 14.8 Å². The highest BCUT2D eigenvalue weighted by Gasteiger charge is 2.38. The van der Waals surface area contributed by atoms with Crippen molar-refractivity contribution in [2.45, 2.75) is 39.2 Å². The van der Waals surface area contributed by atoms with Crippen LogP contribution in [0.15, 0.2) is 65.9 Å². The summed E-state index contributed by atoms with van der Waals surface area (Å²) in [5, 5.41) is 3.04. The normalized spacial score (nSPS) is 19.1. The van der Waals surface area contributed by atoms with Crippen LogP contribution in [0.25, 0.3) is 0 Å². The number of rotatable bonds is 8. The molecule has 0 aliphatic carbocycles. The predicted octanol–water partition coefficient (Wildman–Crippen LogP) is 4.87. The molecule has 34 heavy (non-hydrogen) atoms. The molecule has 4 rings (SSSR count). The smallest absolute Gasteiger partial charge is 0.338 e. The van der Waals surface area contributed by atoms with E-state index in [1.165, 1.54) is 6.42 Å². The van der Waals surface area contributed by atoms with Gasteiger partial charge in [-0.1, -0.05) is 36.8 Å². The number of carbonyl (C=O) groups excluding carboxylic acids is 2. The van der Waals surface area contributed by atoms with Crippen LogP contribution in [0.2, 0.25) is 0 Å².